The first kappa shape index (κ1) is 12.6. The Morgan fingerprint density at radius 2 is 1.94 bits per heavy atom. The van der Waals surface area contributed by atoms with E-state index >= 15 is 0 Å². The first-order chi connectivity index (χ1) is 7.41. The van der Waals surface area contributed by atoms with Crippen LogP contribution in [0.2, 0.25) is 0 Å². The number of hydrogen-bond acceptors (Lipinski definition) is 2. The van der Waals surface area contributed by atoms with Crippen molar-refractivity contribution in [3.63, 3.8) is 0 Å². The molecule has 0 aromatic heterocycles. The standard InChI is InChI=1S/C11H14F2N2O/c1-6(2)15-10(11(14)16)7-3-4-8(12)9(13)5-7/h3-6,10,15H,1-2H3,(H2,14,16). The van der Waals surface area contributed by atoms with Crippen LogP contribution in [0.1, 0.15) is 25.5 Å². The predicted molar refractivity (Wildman–Crippen MR) is 56.6 cm³/mol. The van der Waals surface area contributed by atoms with Crippen LogP contribution in [0.15, 0.2) is 18.2 Å². The molecular formula is C11H14F2N2O. The van der Waals surface area contributed by atoms with Gasteiger partial charge in [0.05, 0.1) is 0 Å². The Kier molecular flexibility index (Phi) is 3.95. The highest BCUT2D eigenvalue weighted by molar-refractivity contribution is 5.81. The third-order valence-corrected chi connectivity index (χ3v) is 2.06. The van der Waals surface area contributed by atoms with Crippen molar-refractivity contribution in [2.24, 2.45) is 5.73 Å². The van der Waals surface area contributed by atoms with Crippen LogP contribution in [0.5, 0.6) is 0 Å². The number of nitrogens with two attached hydrogens (primary N) is 1. The minimum Gasteiger partial charge on any atom is -0.368 e. The Hall–Kier alpha value is -1.49. The number of halogens is 2. The fraction of sp³-hybridized carbons (Fsp3) is 0.364. The first-order valence-corrected chi connectivity index (χ1v) is 4.92. The van der Waals surface area contributed by atoms with Crippen LogP contribution < -0.4 is 11.1 Å². The topological polar surface area (TPSA) is 55.1 Å². The summed E-state index contributed by atoms with van der Waals surface area (Å²) in [5.41, 5.74) is 5.51. The molecule has 1 atom stereocenters. The first-order valence-electron chi connectivity index (χ1n) is 4.92. The van der Waals surface area contributed by atoms with Gasteiger partial charge in [0, 0.05) is 6.04 Å². The molecule has 0 saturated carbocycles. The van der Waals surface area contributed by atoms with Crippen LogP contribution in [0.25, 0.3) is 0 Å². The fourth-order valence-corrected chi connectivity index (χ4v) is 1.37. The van der Waals surface area contributed by atoms with Crippen LogP contribution in [0.3, 0.4) is 0 Å². The van der Waals surface area contributed by atoms with Crippen molar-refractivity contribution < 1.29 is 13.6 Å². The zero-order valence-corrected chi connectivity index (χ0v) is 9.13. The molecule has 0 aliphatic rings. The lowest BCUT2D eigenvalue weighted by atomic mass is 10.1. The number of carbonyl (C=O) groups is 1. The molecule has 0 radical (unpaired) electrons. The largest absolute Gasteiger partial charge is 0.368 e. The number of rotatable bonds is 4. The lowest BCUT2D eigenvalue weighted by Crippen LogP contribution is -2.37. The van der Waals surface area contributed by atoms with Crippen LogP contribution in [-0.2, 0) is 4.79 Å². The smallest absolute Gasteiger partial charge is 0.239 e. The van der Waals surface area contributed by atoms with E-state index in [1.165, 1.54) is 6.07 Å². The fourth-order valence-electron chi connectivity index (χ4n) is 1.37. The van der Waals surface area contributed by atoms with E-state index < -0.39 is 23.6 Å². The van der Waals surface area contributed by atoms with Gasteiger partial charge < -0.3 is 5.73 Å². The second-order valence-corrected chi connectivity index (χ2v) is 3.83. The second-order valence-electron chi connectivity index (χ2n) is 3.83. The van der Waals surface area contributed by atoms with Crippen molar-refractivity contribution in [1.29, 1.82) is 0 Å². The van der Waals surface area contributed by atoms with Gasteiger partial charge in [-0.1, -0.05) is 6.07 Å². The minimum absolute atomic E-state index is 0.00520. The normalized spacial score (nSPS) is 12.8. The Morgan fingerprint density at radius 1 is 1.31 bits per heavy atom. The molecule has 3 N–H and O–H groups in total. The number of amides is 1. The summed E-state index contributed by atoms with van der Waals surface area (Å²) < 4.78 is 25.7. The molecule has 0 fully saturated rings. The number of benzene rings is 1. The Balaban J connectivity index is 3.01. The van der Waals surface area contributed by atoms with E-state index in [0.29, 0.717) is 5.56 Å². The third kappa shape index (κ3) is 3.00. The maximum absolute atomic E-state index is 13.0. The van der Waals surface area contributed by atoms with E-state index in [-0.39, 0.29) is 6.04 Å². The van der Waals surface area contributed by atoms with Crippen molar-refractivity contribution in [2.45, 2.75) is 25.9 Å². The molecule has 1 rings (SSSR count). The molecular weight excluding hydrogens is 214 g/mol. The second kappa shape index (κ2) is 5.03. The minimum atomic E-state index is -0.991. The highest BCUT2D eigenvalue weighted by Gasteiger charge is 2.19. The molecule has 0 heterocycles. The molecule has 1 amide bonds. The molecule has 3 nitrogen and oxygen atoms in total. The Labute approximate surface area is 92.6 Å². The summed E-state index contributed by atoms with van der Waals surface area (Å²) in [7, 11) is 0. The molecule has 0 aliphatic carbocycles. The van der Waals surface area contributed by atoms with Crippen molar-refractivity contribution in [3.8, 4) is 0 Å². The zero-order valence-electron chi connectivity index (χ0n) is 9.13. The van der Waals surface area contributed by atoms with E-state index in [0.717, 1.165) is 12.1 Å². The van der Waals surface area contributed by atoms with Gasteiger partial charge in [0.2, 0.25) is 5.91 Å². The van der Waals surface area contributed by atoms with Crippen molar-refractivity contribution in [2.75, 3.05) is 0 Å². The lowest BCUT2D eigenvalue weighted by molar-refractivity contribution is -0.120. The van der Waals surface area contributed by atoms with Crippen molar-refractivity contribution in [1.82, 2.24) is 5.32 Å². The molecule has 0 aliphatic heterocycles. The van der Waals surface area contributed by atoms with E-state index in [1.807, 2.05) is 13.8 Å². The summed E-state index contributed by atoms with van der Waals surface area (Å²) in [6.45, 7) is 3.66. The number of hydrogen-bond donors (Lipinski definition) is 2. The van der Waals surface area contributed by atoms with Gasteiger partial charge in [0.15, 0.2) is 11.6 Å². The van der Waals surface area contributed by atoms with Gasteiger partial charge in [-0.15, -0.1) is 0 Å². The number of carbonyl (C=O) groups excluding carboxylic acids is 1. The van der Waals surface area contributed by atoms with E-state index in [4.69, 9.17) is 5.73 Å². The SMILES string of the molecule is CC(C)NC(C(N)=O)c1ccc(F)c(F)c1. The quantitative estimate of drug-likeness (QED) is 0.820. The van der Waals surface area contributed by atoms with E-state index in [9.17, 15) is 13.6 Å². The highest BCUT2D eigenvalue weighted by Crippen LogP contribution is 2.16. The molecule has 88 valence electrons. The summed E-state index contributed by atoms with van der Waals surface area (Å²) in [6.07, 6.45) is 0. The van der Waals surface area contributed by atoms with Gasteiger partial charge in [-0.3, -0.25) is 10.1 Å². The highest BCUT2D eigenvalue weighted by atomic mass is 19.2. The van der Waals surface area contributed by atoms with Gasteiger partial charge >= 0.3 is 0 Å². The van der Waals surface area contributed by atoms with Gasteiger partial charge in [-0.2, -0.15) is 0 Å². The summed E-state index contributed by atoms with van der Waals surface area (Å²) in [5.74, 6) is -2.56. The predicted octanol–water partition coefficient (Wildman–Crippen LogP) is 1.49. The van der Waals surface area contributed by atoms with Crippen LogP contribution in [-0.4, -0.2) is 11.9 Å². The molecule has 16 heavy (non-hydrogen) atoms. The number of primary amides is 1. The number of nitrogens with one attached hydrogen (secondary N) is 1. The lowest BCUT2D eigenvalue weighted by Gasteiger charge is -2.18. The summed E-state index contributed by atoms with van der Waals surface area (Å²) in [4.78, 5) is 11.2. The molecule has 0 bridgehead atoms. The zero-order chi connectivity index (χ0) is 12.3. The molecule has 0 saturated heterocycles. The van der Waals surface area contributed by atoms with Gasteiger partial charge in [0.1, 0.15) is 6.04 Å². The molecule has 1 unspecified atom stereocenters. The van der Waals surface area contributed by atoms with Crippen LogP contribution in [0.4, 0.5) is 8.78 Å². The van der Waals surface area contributed by atoms with E-state index in [2.05, 4.69) is 5.32 Å². The molecule has 1 aromatic carbocycles. The average molecular weight is 228 g/mol. The van der Waals surface area contributed by atoms with Gasteiger partial charge in [-0.05, 0) is 31.5 Å². The van der Waals surface area contributed by atoms with Crippen molar-refractivity contribution in [3.05, 3.63) is 35.4 Å². The average Bonchev–Trinajstić information content (AvgIpc) is 2.18. The molecule has 5 heteroatoms. The Morgan fingerprint density at radius 3 is 2.38 bits per heavy atom. The van der Waals surface area contributed by atoms with Crippen LogP contribution >= 0.6 is 0 Å². The van der Waals surface area contributed by atoms with Gasteiger partial charge in [0.25, 0.3) is 0 Å². The summed E-state index contributed by atoms with van der Waals surface area (Å²) in [5, 5.41) is 2.88. The maximum atomic E-state index is 13.0. The third-order valence-electron chi connectivity index (χ3n) is 2.06. The molecule has 1 aromatic rings. The maximum Gasteiger partial charge on any atom is 0.239 e. The van der Waals surface area contributed by atoms with E-state index in [1.54, 1.807) is 0 Å². The molecule has 0 spiro atoms. The summed E-state index contributed by atoms with van der Waals surface area (Å²) >= 11 is 0. The summed E-state index contributed by atoms with van der Waals surface area (Å²) in [6, 6.07) is 2.48. The van der Waals surface area contributed by atoms with Crippen molar-refractivity contribution >= 4 is 5.91 Å². The van der Waals surface area contributed by atoms with Crippen LogP contribution in [0, 0.1) is 11.6 Å². The van der Waals surface area contributed by atoms with Gasteiger partial charge in [-0.25, -0.2) is 8.78 Å². The Bertz CT molecular complexity index is 394. The monoisotopic (exact) mass is 228 g/mol.